The summed E-state index contributed by atoms with van der Waals surface area (Å²) in [5.41, 5.74) is 0.455. The second-order valence-electron chi connectivity index (χ2n) is 4.92. The predicted octanol–water partition coefficient (Wildman–Crippen LogP) is 2.14. The van der Waals surface area contributed by atoms with Gasteiger partial charge in [0.05, 0.1) is 20.0 Å². The first-order valence-corrected chi connectivity index (χ1v) is 10.6. The zero-order valence-corrected chi connectivity index (χ0v) is 15.2. The summed E-state index contributed by atoms with van der Waals surface area (Å²) in [6.07, 6.45) is 0. The van der Waals surface area contributed by atoms with Gasteiger partial charge in [-0.15, -0.1) is 0 Å². The second-order valence-corrected chi connectivity index (χ2v) is 9.52. The van der Waals surface area contributed by atoms with Crippen LogP contribution in [-0.2, 0) is 20.0 Å². The minimum atomic E-state index is -3.92. The Hall–Kier alpha value is -2.08. The number of nitrogens with one attached hydrogen (secondary N) is 2. The van der Waals surface area contributed by atoms with E-state index in [2.05, 4.69) is 14.4 Å². The van der Waals surface area contributed by atoms with E-state index in [-0.39, 0.29) is 14.9 Å². The number of aromatic nitrogens is 1. The van der Waals surface area contributed by atoms with E-state index in [9.17, 15) is 21.2 Å². The van der Waals surface area contributed by atoms with Crippen LogP contribution in [0.15, 0.2) is 52.3 Å². The van der Waals surface area contributed by atoms with Gasteiger partial charge in [0.2, 0.25) is 10.0 Å². The van der Waals surface area contributed by atoms with Crippen molar-refractivity contribution in [3.63, 3.8) is 0 Å². The highest BCUT2D eigenvalue weighted by molar-refractivity contribution is 7.93. The van der Waals surface area contributed by atoms with Crippen LogP contribution in [0, 0.1) is 5.82 Å². The van der Waals surface area contributed by atoms with E-state index in [4.69, 9.17) is 0 Å². The van der Waals surface area contributed by atoms with Gasteiger partial charge in [0.1, 0.15) is 5.82 Å². The quantitative estimate of drug-likeness (QED) is 0.681. The minimum absolute atomic E-state index is 0.0547. The summed E-state index contributed by atoms with van der Waals surface area (Å²) in [4.78, 5) is 4.08. The molecule has 0 saturated carbocycles. The lowest BCUT2D eigenvalue weighted by atomic mass is 10.3. The highest BCUT2D eigenvalue weighted by Gasteiger charge is 2.18. The highest BCUT2D eigenvalue weighted by Crippen LogP contribution is 2.29. The van der Waals surface area contributed by atoms with Gasteiger partial charge in [-0.3, -0.25) is 4.72 Å². The van der Waals surface area contributed by atoms with Gasteiger partial charge >= 0.3 is 0 Å². The van der Waals surface area contributed by atoms with Crippen LogP contribution >= 0.6 is 11.3 Å². The smallest absolute Gasteiger partial charge is 0.255 e. The fourth-order valence-corrected chi connectivity index (χ4v) is 4.99. The molecule has 7 nitrogen and oxygen atoms in total. The molecule has 1 heterocycles. The van der Waals surface area contributed by atoms with Gasteiger partial charge in [0.25, 0.3) is 10.0 Å². The molecule has 25 heavy (non-hydrogen) atoms. The molecule has 0 fully saturated rings. The van der Waals surface area contributed by atoms with E-state index in [1.807, 2.05) is 0 Å². The molecule has 132 valence electrons. The van der Waals surface area contributed by atoms with Crippen molar-refractivity contribution >= 4 is 46.7 Å². The first-order chi connectivity index (χ1) is 11.7. The Morgan fingerprint density at radius 2 is 1.60 bits per heavy atom. The molecule has 3 aromatic rings. The van der Waals surface area contributed by atoms with Crippen LogP contribution < -0.4 is 9.44 Å². The summed E-state index contributed by atoms with van der Waals surface area (Å²) in [5, 5.41) is 0.0818. The number of halogens is 1. The van der Waals surface area contributed by atoms with Crippen LogP contribution in [0.3, 0.4) is 0 Å². The van der Waals surface area contributed by atoms with Gasteiger partial charge in [-0.05, 0) is 49.5 Å². The highest BCUT2D eigenvalue weighted by atomic mass is 32.2. The van der Waals surface area contributed by atoms with E-state index < -0.39 is 25.9 Å². The zero-order chi connectivity index (χ0) is 18.2. The molecule has 2 N–H and O–H groups in total. The molecule has 0 atom stereocenters. The summed E-state index contributed by atoms with van der Waals surface area (Å²) in [5.74, 6) is -0.544. The van der Waals surface area contributed by atoms with E-state index in [1.54, 1.807) is 0 Å². The van der Waals surface area contributed by atoms with Crippen molar-refractivity contribution < 1.29 is 21.2 Å². The normalized spacial score (nSPS) is 12.4. The lowest BCUT2D eigenvalue weighted by molar-refractivity contribution is 0.588. The first-order valence-electron chi connectivity index (χ1n) is 6.84. The van der Waals surface area contributed by atoms with Crippen molar-refractivity contribution in [3.8, 4) is 0 Å². The molecule has 11 heteroatoms. The largest absolute Gasteiger partial charge is 0.263 e. The van der Waals surface area contributed by atoms with Gasteiger partial charge in [0, 0.05) is 0 Å². The Kier molecular flexibility index (Phi) is 4.49. The van der Waals surface area contributed by atoms with E-state index in [1.165, 1.54) is 25.2 Å². The maximum absolute atomic E-state index is 12.9. The predicted molar refractivity (Wildman–Crippen MR) is 93.1 cm³/mol. The van der Waals surface area contributed by atoms with Crippen molar-refractivity contribution in [3.05, 3.63) is 48.3 Å². The summed E-state index contributed by atoms with van der Waals surface area (Å²) < 4.78 is 66.2. The van der Waals surface area contributed by atoms with Gasteiger partial charge in [-0.25, -0.2) is 30.9 Å². The second kappa shape index (κ2) is 6.33. The molecule has 0 aliphatic rings. The van der Waals surface area contributed by atoms with Gasteiger partial charge in [-0.1, -0.05) is 11.3 Å². The van der Waals surface area contributed by atoms with E-state index in [0.717, 1.165) is 35.6 Å². The van der Waals surface area contributed by atoms with Gasteiger partial charge in [0.15, 0.2) is 5.13 Å². The van der Waals surface area contributed by atoms with Crippen molar-refractivity contribution in [1.29, 1.82) is 0 Å². The molecule has 0 amide bonds. The van der Waals surface area contributed by atoms with Crippen molar-refractivity contribution in [1.82, 2.24) is 9.71 Å². The number of hydrogen-bond acceptors (Lipinski definition) is 6. The monoisotopic (exact) mass is 401 g/mol. The molecule has 0 aliphatic heterocycles. The van der Waals surface area contributed by atoms with Crippen molar-refractivity contribution in [2.75, 3.05) is 11.8 Å². The van der Waals surface area contributed by atoms with E-state index >= 15 is 0 Å². The van der Waals surface area contributed by atoms with Crippen LogP contribution in [0.4, 0.5) is 9.52 Å². The lowest BCUT2D eigenvalue weighted by Gasteiger charge is -2.04. The molecule has 1 aromatic heterocycles. The molecule has 0 unspecified atom stereocenters. The average Bonchev–Trinajstić information content (AvgIpc) is 2.95. The Bertz CT molecular complexity index is 1140. The summed E-state index contributed by atoms with van der Waals surface area (Å²) >= 11 is 0.995. The summed E-state index contributed by atoms with van der Waals surface area (Å²) in [7, 11) is -6.23. The third-order valence-corrected chi connectivity index (χ3v) is 7.11. The maximum Gasteiger partial charge on any atom is 0.263 e. The Morgan fingerprint density at radius 3 is 2.24 bits per heavy atom. The summed E-state index contributed by atoms with van der Waals surface area (Å²) in [6.45, 7) is 0. The molecule has 0 spiro atoms. The Labute approximate surface area is 147 Å². The van der Waals surface area contributed by atoms with Gasteiger partial charge < -0.3 is 0 Å². The number of thiazole rings is 1. The third kappa shape index (κ3) is 3.63. The molecule has 0 saturated heterocycles. The molecule has 0 bridgehead atoms. The number of nitrogens with zero attached hydrogens (tertiary/aromatic N) is 1. The third-order valence-electron chi connectivity index (χ3n) is 3.28. The number of sulfonamides is 2. The average molecular weight is 401 g/mol. The van der Waals surface area contributed by atoms with Gasteiger partial charge in [-0.2, -0.15) is 0 Å². The zero-order valence-electron chi connectivity index (χ0n) is 12.7. The maximum atomic E-state index is 12.9. The van der Waals surface area contributed by atoms with Crippen LogP contribution in [-0.4, -0.2) is 28.9 Å². The lowest BCUT2D eigenvalue weighted by Crippen LogP contribution is -2.18. The van der Waals surface area contributed by atoms with Crippen LogP contribution in [0.25, 0.3) is 10.2 Å². The molecular weight excluding hydrogens is 389 g/mol. The van der Waals surface area contributed by atoms with Crippen LogP contribution in [0.1, 0.15) is 0 Å². The molecular formula is C14H12FN3O4S3. The molecule has 0 aliphatic carbocycles. The number of benzene rings is 2. The number of hydrogen-bond donors (Lipinski definition) is 2. The number of fused-ring (bicyclic) bond motifs is 1. The topological polar surface area (TPSA) is 105 Å². The number of rotatable bonds is 5. The summed E-state index contributed by atoms with van der Waals surface area (Å²) in [6, 6.07) is 8.65. The first kappa shape index (κ1) is 17.7. The fourth-order valence-electron chi connectivity index (χ4n) is 2.02. The fraction of sp³-hybridized carbons (Fsp3) is 0.0714. The Balaban J connectivity index is 1.96. The SMILES string of the molecule is CNS(=O)(=O)c1ccc2nc(NS(=O)(=O)c3ccc(F)cc3)sc2c1. The molecule has 0 radical (unpaired) electrons. The van der Waals surface area contributed by atoms with Crippen LogP contribution in [0.2, 0.25) is 0 Å². The van der Waals surface area contributed by atoms with Crippen LogP contribution in [0.5, 0.6) is 0 Å². The van der Waals surface area contributed by atoms with Crippen molar-refractivity contribution in [2.45, 2.75) is 9.79 Å². The standard InChI is InChI=1S/C14H12FN3O4S3/c1-16-24(19,20)11-6-7-12-13(8-11)23-14(17-12)18-25(21,22)10-4-2-9(15)3-5-10/h2-8,16H,1H3,(H,17,18). The Morgan fingerprint density at radius 1 is 0.960 bits per heavy atom. The van der Waals surface area contributed by atoms with E-state index in [0.29, 0.717) is 10.2 Å². The minimum Gasteiger partial charge on any atom is -0.255 e. The number of anilines is 1. The molecule has 2 aromatic carbocycles. The molecule has 3 rings (SSSR count). The van der Waals surface area contributed by atoms with Crippen molar-refractivity contribution in [2.24, 2.45) is 0 Å².